The molecule has 1 saturated heterocycles. The third kappa shape index (κ3) is 5.78. The van der Waals surface area contributed by atoms with Crippen molar-refractivity contribution in [2.24, 2.45) is 0 Å². The van der Waals surface area contributed by atoms with Crippen LogP contribution in [0.5, 0.6) is 5.75 Å². The molecular formula is C26H31AsF4N4O3. The van der Waals surface area contributed by atoms with E-state index in [0.717, 1.165) is 36.4 Å². The number of amides is 1. The van der Waals surface area contributed by atoms with Gasteiger partial charge in [-0.25, -0.2) is 0 Å². The maximum atomic E-state index is 14.6. The molecular weight excluding hydrogens is 567 g/mol. The number of piperazine rings is 1. The van der Waals surface area contributed by atoms with Gasteiger partial charge in [0.05, 0.1) is 0 Å². The van der Waals surface area contributed by atoms with E-state index in [1.807, 2.05) is 6.92 Å². The number of carbonyl (C=O) groups excluding carboxylic acids is 1. The van der Waals surface area contributed by atoms with Crippen LogP contribution in [0.3, 0.4) is 0 Å². The summed E-state index contributed by atoms with van der Waals surface area (Å²) < 4.78 is 56.9. The fourth-order valence-electron chi connectivity index (χ4n) is 5.53. The van der Waals surface area contributed by atoms with Crippen molar-refractivity contribution in [3.8, 4) is 5.75 Å². The van der Waals surface area contributed by atoms with E-state index in [-0.39, 0.29) is 11.8 Å². The van der Waals surface area contributed by atoms with Crippen molar-refractivity contribution in [3.05, 3.63) is 47.2 Å². The summed E-state index contributed by atoms with van der Waals surface area (Å²) >= 11 is -1.36. The van der Waals surface area contributed by atoms with Crippen molar-refractivity contribution in [1.29, 1.82) is 0 Å². The first-order valence-electron chi connectivity index (χ1n) is 12.8. The number of hydrogen-bond donors (Lipinski definition) is 1. The second-order valence-electron chi connectivity index (χ2n) is 10.4. The van der Waals surface area contributed by atoms with Crippen LogP contribution in [-0.4, -0.2) is 73.1 Å². The molecule has 0 bridgehead atoms. The molecule has 38 heavy (non-hydrogen) atoms. The molecule has 2 fully saturated rings. The van der Waals surface area contributed by atoms with E-state index >= 15 is 0 Å². The van der Waals surface area contributed by atoms with Gasteiger partial charge >= 0.3 is 224 Å². The number of alkyl halides is 3. The summed E-state index contributed by atoms with van der Waals surface area (Å²) in [4.78, 5) is 26.4. The number of carbonyl (C=O) groups is 1. The first kappa shape index (κ1) is 27.2. The van der Waals surface area contributed by atoms with Gasteiger partial charge in [-0.2, -0.15) is 0 Å². The minimum absolute atomic E-state index is 0.118. The van der Waals surface area contributed by atoms with Crippen molar-refractivity contribution < 1.29 is 32.2 Å². The second-order valence-corrected chi connectivity index (χ2v) is 15.9. The molecule has 12 heteroatoms. The first-order valence-corrected chi connectivity index (χ1v) is 17.1. The Labute approximate surface area is 223 Å². The molecule has 206 valence electrons. The molecule has 2 aliphatic carbocycles. The van der Waals surface area contributed by atoms with Crippen molar-refractivity contribution >= 4 is 26.4 Å². The quantitative estimate of drug-likeness (QED) is 0.366. The van der Waals surface area contributed by atoms with Crippen LogP contribution in [0.4, 0.5) is 23.4 Å². The van der Waals surface area contributed by atoms with Gasteiger partial charge < -0.3 is 0 Å². The molecule has 1 amide bonds. The van der Waals surface area contributed by atoms with Crippen molar-refractivity contribution in [3.63, 3.8) is 0 Å². The Balaban J connectivity index is 1.32. The molecule has 3 aliphatic rings. The van der Waals surface area contributed by atoms with E-state index in [0.29, 0.717) is 53.8 Å². The zero-order chi connectivity index (χ0) is 27.2. The Bertz CT molecular complexity index is 1190. The number of halogens is 4. The number of fused-ring (bicyclic) bond motifs is 1. The van der Waals surface area contributed by atoms with Crippen LogP contribution in [0, 0.1) is 5.82 Å². The third-order valence-electron chi connectivity index (χ3n) is 7.69. The summed E-state index contributed by atoms with van der Waals surface area (Å²) in [6.07, 6.45) is -1.22. The van der Waals surface area contributed by atoms with Crippen molar-refractivity contribution in [2.45, 2.75) is 66.1 Å². The van der Waals surface area contributed by atoms with Crippen LogP contribution in [-0.2, 0) is 4.79 Å². The molecule has 2 heterocycles. The summed E-state index contributed by atoms with van der Waals surface area (Å²) in [6.45, 7) is 4.04. The monoisotopic (exact) mass is 598 g/mol. The predicted molar refractivity (Wildman–Crippen MR) is 134 cm³/mol. The molecule has 2 aromatic rings. The number of nitrogens with zero attached hydrogens (tertiary/aromatic N) is 4. The average molecular weight is 598 g/mol. The first-order chi connectivity index (χ1) is 18.0. The molecule has 5 rings (SSSR count). The number of ether oxygens (including phenoxy) is 1. The Morgan fingerprint density at radius 3 is 2.55 bits per heavy atom. The van der Waals surface area contributed by atoms with Crippen molar-refractivity contribution in [1.82, 2.24) is 14.9 Å². The number of benzene rings is 1. The van der Waals surface area contributed by atoms with E-state index in [4.69, 9.17) is 0 Å². The zero-order valence-corrected chi connectivity index (χ0v) is 23.2. The number of aromatic nitrogens is 2. The topological polar surface area (TPSA) is 78.8 Å². The van der Waals surface area contributed by atoms with Gasteiger partial charge in [0, 0.05) is 0 Å². The molecule has 1 aromatic carbocycles. The van der Waals surface area contributed by atoms with Gasteiger partial charge in [0.1, 0.15) is 0 Å². The fraction of sp³-hybridized carbons (Fsp3) is 0.577. The molecule has 1 unspecified atom stereocenters. The zero-order valence-electron chi connectivity index (χ0n) is 21.3. The SMILES string of the molecule is C[C@@H]1C[C@@H](O)c2ncnc(N3CCN(C(=O)[C@@H](C[As](C)C4CC4)c4ccc(OC(F)(F)F)c(F)c4)CC3)c21. The number of rotatable bonds is 7. The Morgan fingerprint density at radius 2 is 1.92 bits per heavy atom. The number of aliphatic hydroxyl groups excluding tert-OH is 1. The van der Waals surface area contributed by atoms with E-state index < -0.39 is 44.6 Å². The maximum absolute atomic E-state index is 14.6. The van der Waals surface area contributed by atoms with Gasteiger partial charge in [-0.1, -0.05) is 0 Å². The molecule has 1 N–H and O–H groups in total. The summed E-state index contributed by atoms with van der Waals surface area (Å²) in [6, 6.07) is 3.37. The number of hydrogen-bond acceptors (Lipinski definition) is 6. The van der Waals surface area contributed by atoms with E-state index in [1.54, 1.807) is 4.90 Å². The Hall–Kier alpha value is -2.39. The van der Waals surface area contributed by atoms with Crippen LogP contribution < -0.4 is 9.64 Å². The Morgan fingerprint density at radius 1 is 1.21 bits per heavy atom. The fourth-order valence-corrected chi connectivity index (χ4v) is 10.3. The van der Waals surface area contributed by atoms with E-state index in [1.165, 1.54) is 12.4 Å². The molecule has 1 aliphatic heterocycles. The van der Waals surface area contributed by atoms with Gasteiger partial charge in [0.2, 0.25) is 0 Å². The van der Waals surface area contributed by atoms with Crippen LogP contribution in [0.2, 0.25) is 15.6 Å². The molecule has 1 aromatic heterocycles. The summed E-state index contributed by atoms with van der Waals surface area (Å²) in [5.41, 5.74) is 4.23. The van der Waals surface area contributed by atoms with Gasteiger partial charge in [0.25, 0.3) is 0 Å². The molecule has 4 atom stereocenters. The van der Waals surface area contributed by atoms with Gasteiger partial charge in [-0.05, 0) is 0 Å². The van der Waals surface area contributed by atoms with Gasteiger partial charge in [-0.15, -0.1) is 0 Å². The molecule has 1 saturated carbocycles. The molecule has 7 nitrogen and oxygen atoms in total. The van der Waals surface area contributed by atoms with Crippen LogP contribution in [0.1, 0.15) is 60.9 Å². The van der Waals surface area contributed by atoms with Crippen LogP contribution >= 0.6 is 0 Å². The van der Waals surface area contributed by atoms with Crippen molar-refractivity contribution in [2.75, 3.05) is 31.1 Å². The van der Waals surface area contributed by atoms with E-state index in [9.17, 15) is 27.5 Å². The number of aliphatic hydroxyl groups is 1. The molecule has 0 radical (unpaired) electrons. The van der Waals surface area contributed by atoms with Crippen LogP contribution in [0.15, 0.2) is 24.5 Å². The normalized spacial score (nSPS) is 23.2. The van der Waals surface area contributed by atoms with Crippen LogP contribution in [0.25, 0.3) is 0 Å². The van der Waals surface area contributed by atoms with Gasteiger partial charge in [-0.3, -0.25) is 0 Å². The summed E-state index contributed by atoms with van der Waals surface area (Å²) in [5, 5.41) is 11.0. The van der Waals surface area contributed by atoms with Gasteiger partial charge in [0.15, 0.2) is 0 Å². The Kier molecular flexibility index (Phi) is 7.61. The van der Waals surface area contributed by atoms with E-state index in [2.05, 4.69) is 25.3 Å². The minimum atomic E-state index is -5.00. The number of anilines is 1. The summed E-state index contributed by atoms with van der Waals surface area (Å²) in [5.74, 6) is -1.82. The molecule has 0 spiro atoms. The second kappa shape index (κ2) is 10.6. The summed E-state index contributed by atoms with van der Waals surface area (Å²) in [7, 11) is 0. The standard InChI is InChI=1S/C26H31AsF4N4O3/c1-15-11-20(36)23-22(15)24(33-14-32-23)34-7-9-35(10-8-34)25(37)18(13-27(2)17-4-5-17)16-3-6-21(19(28)12-16)38-26(29,30)31/h3,6,12,14-15,17-18,20,36H,4-5,7-11,13H2,1-2H3/t15-,18+,20-,27?/m1/s1. The third-order valence-corrected chi connectivity index (χ3v) is 13.4. The average Bonchev–Trinajstić information content (AvgIpc) is 3.68. The predicted octanol–water partition coefficient (Wildman–Crippen LogP) is 4.78.